The maximum Gasteiger partial charge on any atom is 0.338 e. The molecule has 1 aliphatic carbocycles. The second-order valence-electron chi connectivity index (χ2n) is 3.31. The van der Waals surface area contributed by atoms with Crippen LogP contribution in [0.2, 0.25) is 0 Å². The molecule has 17 heavy (non-hydrogen) atoms. The van der Waals surface area contributed by atoms with Gasteiger partial charge in [-0.15, -0.1) is 0 Å². The van der Waals surface area contributed by atoms with Crippen LogP contribution in [0.5, 0.6) is 0 Å². The van der Waals surface area contributed by atoms with Crippen LogP contribution in [0, 0.1) is 0 Å². The van der Waals surface area contributed by atoms with E-state index in [1.807, 2.05) is 0 Å². The third-order valence-corrected chi connectivity index (χ3v) is 2.29. The Morgan fingerprint density at radius 1 is 1.12 bits per heavy atom. The van der Waals surface area contributed by atoms with Gasteiger partial charge in [0, 0.05) is 17.6 Å². The summed E-state index contributed by atoms with van der Waals surface area (Å²) >= 11 is 0. The lowest BCUT2D eigenvalue weighted by Crippen LogP contribution is -2.14. The summed E-state index contributed by atoms with van der Waals surface area (Å²) in [6.07, 6.45) is 4.76. The summed E-state index contributed by atoms with van der Waals surface area (Å²) in [7, 11) is 4.08. The molecule has 0 aromatic heterocycles. The number of carbonyl (C=O) groups excluding carboxylic acids is 2. The van der Waals surface area contributed by atoms with Gasteiger partial charge in [-0.1, -0.05) is 6.08 Å². The fraction of sp³-hybridized carbons (Fsp3) is 0.333. The minimum Gasteiger partial charge on any atom is -0.504 e. The minimum absolute atomic E-state index is 0.279. The highest BCUT2D eigenvalue weighted by Gasteiger charge is 2.23. The summed E-state index contributed by atoms with van der Waals surface area (Å²) in [5, 5.41) is 0. The van der Waals surface area contributed by atoms with Gasteiger partial charge in [0.05, 0.1) is 33.2 Å². The summed E-state index contributed by atoms with van der Waals surface area (Å²) in [6.45, 7) is 0. The zero-order chi connectivity index (χ0) is 12.8. The van der Waals surface area contributed by atoms with Gasteiger partial charge >= 0.3 is 11.9 Å². The molecule has 0 bridgehead atoms. The Hall–Kier alpha value is -2.04. The van der Waals surface area contributed by atoms with Crippen LogP contribution in [0.25, 0.3) is 0 Å². The van der Waals surface area contributed by atoms with Crippen molar-refractivity contribution in [1.29, 1.82) is 0 Å². The molecule has 5 nitrogen and oxygen atoms in total. The predicted molar refractivity (Wildman–Crippen MR) is 59.9 cm³/mol. The van der Waals surface area contributed by atoms with Crippen LogP contribution in [-0.2, 0) is 23.8 Å². The fourth-order valence-corrected chi connectivity index (χ4v) is 1.48. The topological polar surface area (TPSA) is 61.8 Å². The average molecular weight is 238 g/mol. The summed E-state index contributed by atoms with van der Waals surface area (Å²) in [5.74, 6) is -0.888. The first-order valence-corrected chi connectivity index (χ1v) is 4.93. The Morgan fingerprint density at radius 2 is 1.76 bits per heavy atom. The zero-order valence-electron chi connectivity index (χ0n) is 9.98. The molecule has 0 saturated heterocycles. The van der Waals surface area contributed by atoms with E-state index in [1.165, 1.54) is 33.7 Å². The Balaban J connectivity index is 3.06. The number of hydrogen-bond donors (Lipinski definition) is 0. The second kappa shape index (κ2) is 5.89. The number of rotatable bonds is 3. The van der Waals surface area contributed by atoms with Crippen molar-refractivity contribution < 1.29 is 23.8 Å². The van der Waals surface area contributed by atoms with Crippen LogP contribution < -0.4 is 0 Å². The number of methoxy groups -OCH3 is 3. The number of esters is 2. The quantitative estimate of drug-likeness (QED) is 0.544. The molecule has 0 heterocycles. The molecule has 0 N–H and O–H groups in total. The Bertz CT molecular complexity index is 415. The fourth-order valence-electron chi connectivity index (χ4n) is 1.48. The standard InChI is InChI=1S/C12H14O5/c1-15-7-9-6-8(11(13)16-2)4-5-10(9)12(14)17-3/h4-5,7H,6H2,1-3H3. The van der Waals surface area contributed by atoms with Crippen molar-refractivity contribution in [1.82, 2.24) is 0 Å². The Labute approximate surface area is 99.3 Å². The first-order valence-electron chi connectivity index (χ1n) is 4.93. The predicted octanol–water partition coefficient (Wildman–Crippen LogP) is 1.12. The average Bonchev–Trinajstić information content (AvgIpc) is 2.37. The second-order valence-corrected chi connectivity index (χ2v) is 3.31. The van der Waals surface area contributed by atoms with E-state index < -0.39 is 11.9 Å². The van der Waals surface area contributed by atoms with Gasteiger partial charge in [0.1, 0.15) is 0 Å². The van der Waals surface area contributed by atoms with Crippen LogP contribution in [0.4, 0.5) is 0 Å². The van der Waals surface area contributed by atoms with Gasteiger partial charge in [0.15, 0.2) is 0 Å². The van der Waals surface area contributed by atoms with Crippen molar-refractivity contribution in [3.8, 4) is 0 Å². The monoisotopic (exact) mass is 238 g/mol. The van der Waals surface area contributed by atoms with E-state index in [9.17, 15) is 9.59 Å². The van der Waals surface area contributed by atoms with Crippen LogP contribution >= 0.6 is 0 Å². The van der Waals surface area contributed by atoms with E-state index >= 15 is 0 Å². The van der Waals surface area contributed by atoms with E-state index in [-0.39, 0.29) is 6.42 Å². The normalized spacial score (nSPS) is 17.0. The molecule has 0 radical (unpaired) electrons. The van der Waals surface area contributed by atoms with Crippen molar-refractivity contribution in [2.24, 2.45) is 0 Å². The third kappa shape index (κ3) is 2.96. The van der Waals surface area contributed by atoms with Crippen molar-refractivity contribution >= 4 is 11.9 Å². The molecule has 0 aromatic rings. The van der Waals surface area contributed by atoms with E-state index in [2.05, 4.69) is 9.47 Å². The molecule has 1 aliphatic rings. The van der Waals surface area contributed by atoms with E-state index in [4.69, 9.17) is 4.74 Å². The highest BCUT2D eigenvalue weighted by atomic mass is 16.5. The first kappa shape index (κ1) is 13.0. The SMILES string of the molecule is COC=C1CC(C(=O)OC)=CC=C1C(=O)OC. The Kier molecular flexibility index (Phi) is 4.51. The molecule has 0 spiro atoms. The lowest BCUT2D eigenvalue weighted by atomic mass is 9.93. The van der Waals surface area contributed by atoms with Crippen LogP contribution in [0.15, 0.2) is 35.1 Å². The van der Waals surface area contributed by atoms with E-state index in [0.717, 1.165) is 0 Å². The maximum atomic E-state index is 11.5. The first-order chi connectivity index (χ1) is 8.13. The molecule has 0 aromatic carbocycles. The molecular weight excluding hydrogens is 224 g/mol. The molecular formula is C12H14O5. The third-order valence-electron chi connectivity index (χ3n) is 2.29. The molecule has 0 aliphatic heterocycles. The van der Waals surface area contributed by atoms with Gasteiger partial charge in [-0.2, -0.15) is 0 Å². The highest BCUT2D eigenvalue weighted by molar-refractivity contribution is 5.97. The summed E-state index contributed by atoms with van der Waals surface area (Å²) in [5.41, 5.74) is 1.42. The van der Waals surface area contributed by atoms with Crippen LogP contribution in [-0.4, -0.2) is 33.3 Å². The van der Waals surface area contributed by atoms with Gasteiger partial charge in [-0.25, -0.2) is 9.59 Å². The number of allylic oxidation sites excluding steroid dienone is 2. The van der Waals surface area contributed by atoms with Crippen molar-refractivity contribution in [2.75, 3.05) is 21.3 Å². The number of hydrogen-bond acceptors (Lipinski definition) is 5. The molecule has 92 valence electrons. The molecule has 0 amide bonds. The smallest absolute Gasteiger partial charge is 0.338 e. The molecule has 0 atom stereocenters. The zero-order valence-corrected chi connectivity index (χ0v) is 9.98. The van der Waals surface area contributed by atoms with Crippen molar-refractivity contribution in [3.05, 3.63) is 35.1 Å². The highest BCUT2D eigenvalue weighted by Crippen LogP contribution is 2.26. The van der Waals surface area contributed by atoms with Gasteiger partial charge in [0.25, 0.3) is 0 Å². The van der Waals surface area contributed by atoms with E-state index in [0.29, 0.717) is 16.7 Å². The van der Waals surface area contributed by atoms with Gasteiger partial charge in [-0.05, 0) is 6.08 Å². The minimum atomic E-state index is -0.464. The van der Waals surface area contributed by atoms with Crippen LogP contribution in [0.3, 0.4) is 0 Å². The summed E-state index contributed by atoms with van der Waals surface area (Å²) < 4.78 is 14.1. The van der Waals surface area contributed by atoms with Gasteiger partial charge in [0.2, 0.25) is 0 Å². The molecule has 0 saturated carbocycles. The van der Waals surface area contributed by atoms with Gasteiger partial charge < -0.3 is 14.2 Å². The number of carbonyl (C=O) groups is 2. The largest absolute Gasteiger partial charge is 0.504 e. The lowest BCUT2D eigenvalue weighted by molar-refractivity contribution is -0.137. The maximum absolute atomic E-state index is 11.5. The summed E-state index contributed by atoms with van der Waals surface area (Å²) in [6, 6.07) is 0. The summed E-state index contributed by atoms with van der Waals surface area (Å²) in [4.78, 5) is 22.8. The lowest BCUT2D eigenvalue weighted by Gasteiger charge is -2.15. The van der Waals surface area contributed by atoms with Crippen LogP contribution in [0.1, 0.15) is 6.42 Å². The van der Waals surface area contributed by atoms with E-state index in [1.54, 1.807) is 6.08 Å². The molecule has 0 unspecified atom stereocenters. The van der Waals surface area contributed by atoms with Crippen molar-refractivity contribution in [3.63, 3.8) is 0 Å². The molecule has 5 heteroatoms. The molecule has 1 rings (SSSR count). The Morgan fingerprint density at radius 3 is 2.29 bits per heavy atom. The molecule has 0 fully saturated rings. The van der Waals surface area contributed by atoms with Gasteiger partial charge in [-0.3, -0.25) is 0 Å². The van der Waals surface area contributed by atoms with Crippen molar-refractivity contribution in [2.45, 2.75) is 6.42 Å². The number of ether oxygens (including phenoxy) is 3.